The van der Waals surface area contributed by atoms with Gasteiger partial charge in [-0.15, -0.1) is 0 Å². The standard InChI is InChI=1S/C17H16ClNO/c1-13-10-16(18)7-8-17(13)20-12-15-5-2-4-14(11-15)6-3-9-19/h2,4-5,7-8,10-11H,9,12,19H2,1H3. The highest BCUT2D eigenvalue weighted by Crippen LogP contribution is 2.22. The van der Waals surface area contributed by atoms with Gasteiger partial charge in [-0.2, -0.15) is 0 Å². The molecule has 0 aliphatic rings. The molecule has 0 spiro atoms. The largest absolute Gasteiger partial charge is 0.489 e. The van der Waals surface area contributed by atoms with Crippen molar-refractivity contribution in [1.82, 2.24) is 0 Å². The van der Waals surface area contributed by atoms with Crippen molar-refractivity contribution in [3.05, 3.63) is 64.2 Å². The SMILES string of the molecule is Cc1cc(Cl)ccc1OCc1cccc(C#CCN)c1. The number of hydrogen-bond donors (Lipinski definition) is 1. The quantitative estimate of drug-likeness (QED) is 0.876. The molecule has 0 saturated heterocycles. The summed E-state index contributed by atoms with van der Waals surface area (Å²) in [5, 5.41) is 0.717. The molecule has 3 heteroatoms. The van der Waals surface area contributed by atoms with E-state index < -0.39 is 0 Å². The maximum Gasteiger partial charge on any atom is 0.122 e. The fraction of sp³-hybridized carbons (Fsp3) is 0.176. The fourth-order valence-corrected chi connectivity index (χ4v) is 2.05. The van der Waals surface area contributed by atoms with Gasteiger partial charge in [-0.1, -0.05) is 35.6 Å². The van der Waals surface area contributed by atoms with Gasteiger partial charge in [0.25, 0.3) is 0 Å². The Kier molecular flexibility index (Phi) is 5.06. The number of aryl methyl sites for hydroxylation is 1. The molecular weight excluding hydrogens is 270 g/mol. The Morgan fingerprint density at radius 3 is 2.80 bits per heavy atom. The van der Waals surface area contributed by atoms with Crippen LogP contribution in [-0.2, 0) is 6.61 Å². The first kappa shape index (κ1) is 14.5. The average Bonchev–Trinajstić information content (AvgIpc) is 2.45. The first-order valence-corrected chi connectivity index (χ1v) is 6.73. The lowest BCUT2D eigenvalue weighted by atomic mass is 10.1. The van der Waals surface area contributed by atoms with Crippen LogP contribution in [0.3, 0.4) is 0 Å². The van der Waals surface area contributed by atoms with Crippen LogP contribution in [0.4, 0.5) is 0 Å². The Morgan fingerprint density at radius 1 is 1.20 bits per heavy atom. The summed E-state index contributed by atoms with van der Waals surface area (Å²) in [7, 11) is 0. The molecule has 2 rings (SSSR count). The maximum atomic E-state index is 5.92. The van der Waals surface area contributed by atoms with Crippen molar-refractivity contribution in [3.63, 3.8) is 0 Å². The van der Waals surface area contributed by atoms with E-state index in [2.05, 4.69) is 11.8 Å². The molecule has 0 aliphatic carbocycles. The zero-order valence-electron chi connectivity index (χ0n) is 11.3. The number of halogens is 1. The molecule has 0 radical (unpaired) electrons. The Hall–Kier alpha value is -1.95. The van der Waals surface area contributed by atoms with Gasteiger partial charge in [0.05, 0.1) is 6.54 Å². The predicted octanol–water partition coefficient (Wildman–Crippen LogP) is 3.54. The van der Waals surface area contributed by atoms with Gasteiger partial charge < -0.3 is 10.5 Å². The molecule has 0 saturated carbocycles. The highest BCUT2D eigenvalue weighted by molar-refractivity contribution is 6.30. The second-order valence-electron chi connectivity index (χ2n) is 4.40. The van der Waals surface area contributed by atoms with E-state index >= 15 is 0 Å². The summed E-state index contributed by atoms with van der Waals surface area (Å²) in [6.45, 7) is 2.84. The summed E-state index contributed by atoms with van der Waals surface area (Å²) in [6, 6.07) is 13.5. The molecule has 2 aromatic carbocycles. The van der Waals surface area contributed by atoms with Crippen molar-refractivity contribution in [2.75, 3.05) is 6.54 Å². The maximum absolute atomic E-state index is 5.92. The van der Waals surface area contributed by atoms with E-state index in [0.29, 0.717) is 18.2 Å². The third-order valence-electron chi connectivity index (χ3n) is 2.79. The molecule has 0 unspecified atom stereocenters. The molecule has 0 amide bonds. The summed E-state index contributed by atoms with van der Waals surface area (Å²) < 4.78 is 5.81. The van der Waals surface area contributed by atoms with Crippen LogP contribution in [-0.4, -0.2) is 6.54 Å². The molecule has 102 valence electrons. The normalized spacial score (nSPS) is 9.75. The van der Waals surface area contributed by atoms with Crippen molar-refractivity contribution < 1.29 is 4.74 Å². The minimum absolute atomic E-state index is 0.366. The Labute approximate surface area is 124 Å². The van der Waals surface area contributed by atoms with Gasteiger partial charge in [-0.3, -0.25) is 0 Å². The van der Waals surface area contributed by atoms with Crippen molar-refractivity contribution in [3.8, 4) is 17.6 Å². The van der Waals surface area contributed by atoms with Crippen LogP contribution in [0.2, 0.25) is 5.02 Å². The van der Waals surface area contributed by atoms with E-state index in [-0.39, 0.29) is 0 Å². The Bertz CT molecular complexity index is 656. The Balaban J connectivity index is 2.07. The van der Waals surface area contributed by atoms with Crippen LogP contribution in [0, 0.1) is 18.8 Å². The van der Waals surface area contributed by atoms with E-state index in [1.807, 2.05) is 49.4 Å². The molecular formula is C17H16ClNO. The summed E-state index contributed by atoms with van der Waals surface area (Å²) in [5.41, 5.74) is 8.41. The second-order valence-corrected chi connectivity index (χ2v) is 4.84. The molecule has 0 aromatic heterocycles. The van der Waals surface area contributed by atoms with Crippen molar-refractivity contribution in [1.29, 1.82) is 0 Å². The summed E-state index contributed by atoms with van der Waals surface area (Å²) in [4.78, 5) is 0. The van der Waals surface area contributed by atoms with Gasteiger partial charge in [-0.25, -0.2) is 0 Å². The summed E-state index contributed by atoms with van der Waals surface area (Å²) in [5.74, 6) is 6.70. The summed E-state index contributed by atoms with van der Waals surface area (Å²) >= 11 is 5.92. The molecule has 2 nitrogen and oxygen atoms in total. The topological polar surface area (TPSA) is 35.2 Å². The molecule has 0 atom stereocenters. The van der Waals surface area contributed by atoms with Crippen molar-refractivity contribution >= 4 is 11.6 Å². The molecule has 2 N–H and O–H groups in total. The van der Waals surface area contributed by atoms with Gasteiger partial charge in [0.15, 0.2) is 0 Å². The van der Waals surface area contributed by atoms with E-state index in [4.69, 9.17) is 22.1 Å². The Morgan fingerprint density at radius 2 is 2.05 bits per heavy atom. The van der Waals surface area contributed by atoms with E-state index in [9.17, 15) is 0 Å². The van der Waals surface area contributed by atoms with Crippen LogP contribution in [0.5, 0.6) is 5.75 Å². The number of rotatable bonds is 3. The van der Waals surface area contributed by atoms with Gasteiger partial charge in [-0.05, 0) is 48.4 Å². The van der Waals surface area contributed by atoms with Gasteiger partial charge in [0.1, 0.15) is 12.4 Å². The second kappa shape index (κ2) is 7.00. The van der Waals surface area contributed by atoms with Crippen molar-refractivity contribution in [2.24, 2.45) is 5.73 Å². The van der Waals surface area contributed by atoms with Crippen LogP contribution in [0.15, 0.2) is 42.5 Å². The molecule has 0 heterocycles. The van der Waals surface area contributed by atoms with Gasteiger partial charge >= 0.3 is 0 Å². The molecule has 0 fully saturated rings. The minimum atomic E-state index is 0.366. The van der Waals surface area contributed by atoms with Gasteiger partial charge in [0, 0.05) is 10.6 Å². The first-order valence-electron chi connectivity index (χ1n) is 6.36. The van der Waals surface area contributed by atoms with E-state index in [0.717, 1.165) is 22.4 Å². The third-order valence-corrected chi connectivity index (χ3v) is 3.03. The van der Waals surface area contributed by atoms with Crippen LogP contribution in [0.1, 0.15) is 16.7 Å². The molecule has 0 bridgehead atoms. The molecule has 2 aromatic rings. The predicted molar refractivity (Wildman–Crippen MR) is 82.9 cm³/mol. The average molecular weight is 286 g/mol. The lowest BCUT2D eigenvalue weighted by Crippen LogP contribution is -1.97. The van der Waals surface area contributed by atoms with Gasteiger partial charge in [0.2, 0.25) is 0 Å². The molecule has 0 aliphatic heterocycles. The van der Waals surface area contributed by atoms with E-state index in [1.54, 1.807) is 0 Å². The lowest BCUT2D eigenvalue weighted by Gasteiger charge is -2.09. The summed E-state index contributed by atoms with van der Waals surface area (Å²) in [6.07, 6.45) is 0. The number of ether oxygens (including phenoxy) is 1. The zero-order valence-corrected chi connectivity index (χ0v) is 12.1. The lowest BCUT2D eigenvalue weighted by molar-refractivity contribution is 0.304. The highest BCUT2D eigenvalue weighted by atomic mass is 35.5. The zero-order chi connectivity index (χ0) is 14.4. The van der Waals surface area contributed by atoms with Crippen LogP contribution >= 0.6 is 11.6 Å². The number of hydrogen-bond acceptors (Lipinski definition) is 2. The fourth-order valence-electron chi connectivity index (χ4n) is 1.83. The van der Waals surface area contributed by atoms with Crippen LogP contribution in [0.25, 0.3) is 0 Å². The monoisotopic (exact) mass is 285 g/mol. The third kappa shape index (κ3) is 4.03. The number of benzene rings is 2. The minimum Gasteiger partial charge on any atom is -0.489 e. The van der Waals surface area contributed by atoms with Crippen molar-refractivity contribution in [2.45, 2.75) is 13.5 Å². The smallest absolute Gasteiger partial charge is 0.122 e. The number of nitrogens with two attached hydrogens (primary N) is 1. The van der Waals surface area contributed by atoms with E-state index in [1.165, 1.54) is 0 Å². The highest BCUT2D eigenvalue weighted by Gasteiger charge is 2.01. The first-order chi connectivity index (χ1) is 9.69. The molecule has 20 heavy (non-hydrogen) atoms. The van der Waals surface area contributed by atoms with Crippen LogP contribution < -0.4 is 10.5 Å².